The van der Waals surface area contributed by atoms with Crippen LogP contribution in [0.25, 0.3) is 0 Å². The van der Waals surface area contributed by atoms with Crippen LogP contribution >= 0.6 is 0 Å². The highest BCUT2D eigenvalue weighted by molar-refractivity contribution is 5.05. The van der Waals surface area contributed by atoms with Crippen molar-refractivity contribution in [3.05, 3.63) is 24.2 Å². The zero-order valence-corrected chi connectivity index (χ0v) is 10.5. The summed E-state index contributed by atoms with van der Waals surface area (Å²) in [5.74, 6) is 1.89. The summed E-state index contributed by atoms with van der Waals surface area (Å²) in [6.45, 7) is 7.00. The number of hydrogen-bond acceptors (Lipinski definition) is 2. The zero-order valence-electron chi connectivity index (χ0n) is 10.5. The fraction of sp³-hybridized carbons (Fsp3) is 0.714. The molecule has 1 atom stereocenters. The van der Waals surface area contributed by atoms with Gasteiger partial charge in [-0.2, -0.15) is 0 Å². The molecule has 1 aliphatic rings. The Morgan fingerprint density at radius 2 is 2.25 bits per heavy atom. The maximum atomic E-state index is 5.60. The first-order chi connectivity index (χ1) is 7.77. The van der Waals surface area contributed by atoms with Crippen LogP contribution in [0.2, 0.25) is 0 Å². The molecule has 2 rings (SSSR count). The highest BCUT2D eigenvalue weighted by Gasteiger charge is 2.24. The van der Waals surface area contributed by atoms with E-state index in [1.54, 1.807) is 6.26 Å². The molecular weight excluding hydrogens is 198 g/mol. The minimum atomic E-state index is 0.514. The minimum Gasteiger partial charge on any atom is -0.468 e. The summed E-state index contributed by atoms with van der Waals surface area (Å²) >= 11 is 0. The van der Waals surface area contributed by atoms with E-state index in [-0.39, 0.29) is 0 Å². The van der Waals surface area contributed by atoms with Gasteiger partial charge in [-0.25, -0.2) is 0 Å². The molecule has 1 aliphatic heterocycles. The molecule has 1 saturated heterocycles. The zero-order chi connectivity index (χ0) is 11.4. The summed E-state index contributed by atoms with van der Waals surface area (Å²) in [4.78, 5) is 2.61. The Hall–Kier alpha value is -0.760. The predicted octanol–water partition coefficient (Wildman–Crippen LogP) is 3.85. The van der Waals surface area contributed by atoms with E-state index in [2.05, 4.69) is 24.8 Å². The molecular formula is C14H23NO. The van der Waals surface area contributed by atoms with Gasteiger partial charge in [0, 0.05) is 6.54 Å². The summed E-state index contributed by atoms with van der Waals surface area (Å²) in [7, 11) is 0. The molecule has 1 unspecified atom stereocenters. The van der Waals surface area contributed by atoms with E-state index in [1.807, 2.05) is 6.07 Å². The molecule has 2 heteroatoms. The van der Waals surface area contributed by atoms with Gasteiger partial charge >= 0.3 is 0 Å². The molecule has 0 aromatic carbocycles. The molecule has 16 heavy (non-hydrogen) atoms. The smallest absolute Gasteiger partial charge is 0.120 e. The lowest BCUT2D eigenvalue weighted by atomic mass is 10.1. The van der Waals surface area contributed by atoms with Crippen LogP contribution in [0, 0.1) is 5.92 Å². The second-order valence-corrected chi connectivity index (χ2v) is 5.27. The number of nitrogens with zero attached hydrogens (tertiary/aromatic N) is 1. The van der Waals surface area contributed by atoms with Crippen molar-refractivity contribution in [2.24, 2.45) is 5.92 Å². The van der Waals surface area contributed by atoms with Gasteiger partial charge in [0.1, 0.15) is 5.76 Å². The van der Waals surface area contributed by atoms with Crippen molar-refractivity contribution in [1.29, 1.82) is 0 Å². The molecule has 0 spiro atoms. The molecule has 0 bridgehead atoms. The van der Waals surface area contributed by atoms with Crippen LogP contribution in [0.4, 0.5) is 0 Å². The second kappa shape index (κ2) is 5.53. The van der Waals surface area contributed by atoms with Crippen LogP contribution in [0.5, 0.6) is 0 Å². The summed E-state index contributed by atoms with van der Waals surface area (Å²) in [6, 6.07) is 4.65. The lowest BCUT2D eigenvalue weighted by molar-refractivity contribution is 0.159. The normalized spacial score (nSPS) is 23.6. The number of likely N-dealkylation sites (tertiary alicyclic amines) is 1. The average molecular weight is 221 g/mol. The first kappa shape index (κ1) is 11.7. The van der Waals surface area contributed by atoms with Crippen molar-refractivity contribution < 1.29 is 4.42 Å². The lowest BCUT2D eigenvalue weighted by Gasteiger charge is -2.29. The number of furan rings is 1. The lowest BCUT2D eigenvalue weighted by Crippen LogP contribution is -2.31. The van der Waals surface area contributed by atoms with Crippen LogP contribution in [0.15, 0.2) is 22.8 Å². The van der Waals surface area contributed by atoms with Crippen molar-refractivity contribution in [1.82, 2.24) is 4.90 Å². The average Bonchev–Trinajstić information content (AvgIpc) is 2.66. The third-order valence-corrected chi connectivity index (χ3v) is 3.33. The van der Waals surface area contributed by atoms with Gasteiger partial charge in [-0.15, -0.1) is 0 Å². The molecule has 1 aromatic heterocycles. The van der Waals surface area contributed by atoms with E-state index in [1.165, 1.54) is 38.8 Å². The van der Waals surface area contributed by atoms with Crippen molar-refractivity contribution in [2.75, 3.05) is 13.1 Å². The number of rotatable bonds is 3. The largest absolute Gasteiger partial charge is 0.468 e. The minimum absolute atomic E-state index is 0.514. The highest BCUT2D eigenvalue weighted by Crippen LogP contribution is 2.30. The van der Waals surface area contributed by atoms with Crippen LogP contribution < -0.4 is 0 Å². The van der Waals surface area contributed by atoms with E-state index in [9.17, 15) is 0 Å². The van der Waals surface area contributed by atoms with Gasteiger partial charge in [-0.3, -0.25) is 4.90 Å². The molecule has 0 saturated carbocycles. The monoisotopic (exact) mass is 221 g/mol. The van der Waals surface area contributed by atoms with Crippen LogP contribution in [0.1, 0.15) is 51.3 Å². The third kappa shape index (κ3) is 2.88. The molecule has 2 nitrogen and oxygen atoms in total. The van der Waals surface area contributed by atoms with E-state index < -0.39 is 0 Å². The Kier molecular flexibility index (Phi) is 4.05. The van der Waals surface area contributed by atoms with Crippen LogP contribution in [0.3, 0.4) is 0 Å². The van der Waals surface area contributed by atoms with Crippen LogP contribution in [-0.4, -0.2) is 18.0 Å². The topological polar surface area (TPSA) is 16.4 Å². The Morgan fingerprint density at radius 3 is 2.94 bits per heavy atom. The van der Waals surface area contributed by atoms with E-state index in [0.717, 1.165) is 11.7 Å². The predicted molar refractivity (Wildman–Crippen MR) is 66.3 cm³/mol. The fourth-order valence-corrected chi connectivity index (χ4v) is 2.66. The maximum absolute atomic E-state index is 5.60. The van der Waals surface area contributed by atoms with Gasteiger partial charge in [0.2, 0.25) is 0 Å². The molecule has 1 aromatic rings. The molecule has 2 heterocycles. The van der Waals surface area contributed by atoms with E-state index in [0.29, 0.717) is 6.04 Å². The molecule has 0 radical (unpaired) electrons. The van der Waals surface area contributed by atoms with Crippen molar-refractivity contribution in [2.45, 2.75) is 45.6 Å². The first-order valence-corrected chi connectivity index (χ1v) is 6.55. The second-order valence-electron chi connectivity index (χ2n) is 5.27. The Labute approximate surface area is 98.6 Å². The highest BCUT2D eigenvalue weighted by atomic mass is 16.3. The van der Waals surface area contributed by atoms with Crippen LogP contribution in [-0.2, 0) is 0 Å². The third-order valence-electron chi connectivity index (χ3n) is 3.33. The molecule has 0 amide bonds. The van der Waals surface area contributed by atoms with Gasteiger partial charge in [-0.05, 0) is 37.4 Å². The van der Waals surface area contributed by atoms with E-state index >= 15 is 0 Å². The van der Waals surface area contributed by atoms with Crippen molar-refractivity contribution in [3.8, 4) is 0 Å². The Bertz CT molecular complexity index is 292. The SMILES string of the molecule is CC(C)CN1CCCCCC1c1ccco1. The Balaban J connectivity index is 2.10. The molecule has 0 aliphatic carbocycles. The first-order valence-electron chi connectivity index (χ1n) is 6.55. The fourth-order valence-electron chi connectivity index (χ4n) is 2.66. The summed E-state index contributed by atoms with van der Waals surface area (Å²) in [5.41, 5.74) is 0. The number of hydrogen-bond donors (Lipinski definition) is 0. The summed E-state index contributed by atoms with van der Waals surface area (Å²) in [6.07, 6.45) is 7.09. The maximum Gasteiger partial charge on any atom is 0.120 e. The van der Waals surface area contributed by atoms with Gasteiger partial charge in [0.15, 0.2) is 0 Å². The molecule has 0 N–H and O–H groups in total. The van der Waals surface area contributed by atoms with Crippen molar-refractivity contribution >= 4 is 0 Å². The summed E-state index contributed by atoms with van der Waals surface area (Å²) in [5, 5.41) is 0. The van der Waals surface area contributed by atoms with Crippen molar-refractivity contribution in [3.63, 3.8) is 0 Å². The quantitative estimate of drug-likeness (QED) is 0.770. The van der Waals surface area contributed by atoms with Gasteiger partial charge < -0.3 is 4.42 Å². The molecule has 90 valence electrons. The standard InChI is InChI=1S/C14H23NO/c1-12(2)11-15-9-5-3-4-7-13(15)14-8-6-10-16-14/h6,8,10,12-13H,3-5,7,9,11H2,1-2H3. The van der Waals surface area contributed by atoms with Gasteiger partial charge in [-0.1, -0.05) is 26.7 Å². The van der Waals surface area contributed by atoms with Gasteiger partial charge in [0.25, 0.3) is 0 Å². The molecule has 1 fully saturated rings. The Morgan fingerprint density at radius 1 is 1.38 bits per heavy atom. The van der Waals surface area contributed by atoms with Gasteiger partial charge in [0.05, 0.1) is 12.3 Å². The van der Waals surface area contributed by atoms with E-state index in [4.69, 9.17) is 4.42 Å². The summed E-state index contributed by atoms with van der Waals surface area (Å²) < 4.78 is 5.60.